The lowest BCUT2D eigenvalue weighted by molar-refractivity contribution is -0.200. The van der Waals surface area contributed by atoms with Crippen molar-refractivity contribution in [1.29, 1.82) is 0 Å². The summed E-state index contributed by atoms with van der Waals surface area (Å²) in [5.74, 6) is -2.20. The Morgan fingerprint density at radius 3 is 2.40 bits per heavy atom. The molecule has 19 nitrogen and oxygen atoms in total. The molecule has 13 atom stereocenters. The third-order valence-corrected chi connectivity index (χ3v) is 18.8. The molecule has 4 unspecified atom stereocenters. The SMILES string of the molecule is CCCC1O[C@@H]2C[C@H]3[C@@H]4CCC5=CC(=O)C=C[C@]5(C)[C@H]4[C@@H](O)C[C@]3(C)[C@]2(C(=O)COC(=O)NCc2ccc(NC(=O)[C@H](CCCNC(N)=O)NC(=O)C(NC(=O)CCCCCN3C(=O)CC(S)C3(C)CC)C(C)C)cc2)O1. The number of hydrogen-bond donors (Lipinski definition) is 8. The predicted octanol–water partition coefficient (Wildman–Crippen LogP) is 5.92. The number of carbonyl (C=O) groups excluding carboxylic acids is 8. The lowest BCUT2D eigenvalue weighted by Gasteiger charge is -2.59. The maximum atomic E-state index is 14.6. The molecule has 5 fully saturated rings. The largest absolute Gasteiger partial charge is 0.441 e. The zero-order chi connectivity index (χ0) is 56.0. The molecule has 1 aromatic rings. The Balaban J connectivity index is 0.908. The van der Waals surface area contributed by atoms with E-state index in [0.29, 0.717) is 62.7 Å². The predicted molar refractivity (Wildman–Crippen MR) is 291 cm³/mol. The molecule has 77 heavy (non-hydrogen) atoms. The number of nitrogens with one attached hydrogen (secondary N) is 5. The van der Waals surface area contributed by atoms with Gasteiger partial charge in [-0.25, -0.2) is 9.59 Å². The van der Waals surface area contributed by atoms with Gasteiger partial charge in [0.15, 0.2) is 24.3 Å². The van der Waals surface area contributed by atoms with Gasteiger partial charge < -0.3 is 56.5 Å². The van der Waals surface area contributed by atoms with Gasteiger partial charge in [-0.15, -0.1) is 0 Å². The minimum atomic E-state index is -1.44. The number of alkyl carbamates (subject to hydrolysis) is 1. The minimum Gasteiger partial charge on any atom is -0.441 e. The fraction of sp³-hybridized carbons (Fsp3) is 0.684. The maximum Gasteiger partial charge on any atom is 0.407 e. The first kappa shape index (κ1) is 59.4. The van der Waals surface area contributed by atoms with Crippen LogP contribution in [0.1, 0.15) is 144 Å². The number of hydrogen-bond acceptors (Lipinski definition) is 13. The van der Waals surface area contributed by atoms with Crippen LogP contribution < -0.4 is 32.3 Å². The van der Waals surface area contributed by atoms with Gasteiger partial charge in [-0.05, 0) is 119 Å². The van der Waals surface area contributed by atoms with Gasteiger partial charge in [0.1, 0.15) is 12.1 Å². The number of allylic oxidation sites excluding steroid dienone is 4. The highest BCUT2D eigenvalue weighted by atomic mass is 32.1. The number of urea groups is 1. The number of ether oxygens (including phenoxy) is 3. The molecule has 0 aromatic heterocycles. The van der Waals surface area contributed by atoms with E-state index in [2.05, 4.69) is 60.0 Å². The van der Waals surface area contributed by atoms with Crippen LogP contribution in [0.2, 0.25) is 0 Å². The smallest absolute Gasteiger partial charge is 0.407 e. The molecular weight excluding hydrogens is 1010 g/mol. The number of aliphatic hydroxyl groups is 1. The lowest BCUT2D eigenvalue weighted by Crippen LogP contribution is -2.63. The van der Waals surface area contributed by atoms with E-state index < -0.39 is 83.3 Å². The van der Waals surface area contributed by atoms with Crippen LogP contribution in [0, 0.1) is 34.5 Å². The van der Waals surface area contributed by atoms with E-state index in [9.17, 15) is 43.5 Å². The highest BCUT2D eigenvalue weighted by Crippen LogP contribution is 2.69. The molecule has 1 aromatic carbocycles. The molecule has 8 N–H and O–H groups in total. The average molecular weight is 1090 g/mol. The molecule has 2 aliphatic heterocycles. The molecule has 6 aliphatic rings. The summed E-state index contributed by atoms with van der Waals surface area (Å²) in [6, 6.07) is 3.93. The summed E-state index contributed by atoms with van der Waals surface area (Å²) in [7, 11) is 0. The summed E-state index contributed by atoms with van der Waals surface area (Å²) in [4.78, 5) is 107. The zero-order valence-corrected chi connectivity index (χ0v) is 46.8. The first-order valence-electron chi connectivity index (χ1n) is 27.9. The summed E-state index contributed by atoms with van der Waals surface area (Å²) >= 11 is 4.65. The van der Waals surface area contributed by atoms with Crippen LogP contribution in [-0.4, -0.2) is 124 Å². The first-order valence-corrected chi connectivity index (χ1v) is 28.4. The summed E-state index contributed by atoms with van der Waals surface area (Å²) in [5.41, 5.74) is 4.28. The summed E-state index contributed by atoms with van der Waals surface area (Å²) in [6.07, 6.45) is 9.94. The Morgan fingerprint density at radius 2 is 1.71 bits per heavy atom. The lowest BCUT2D eigenvalue weighted by atomic mass is 9.46. The van der Waals surface area contributed by atoms with Gasteiger partial charge in [0.25, 0.3) is 0 Å². The molecule has 2 saturated heterocycles. The summed E-state index contributed by atoms with van der Waals surface area (Å²) in [6.45, 7) is 14.0. The van der Waals surface area contributed by atoms with Crippen molar-refractivity contribution in [1.82, 2.24) is 26.2 Å². The fourth-order valence-corrected chi connectivity index (χ4v) is 14.2. The van der Waals surface area contributed by atoms with Crippen molar-refractivity contribution in [2.24, 2.45) is 40.2 Å². The molecule has 0 spiro atoms. The highest BCUT2D eigenvalue weighted by Gasteiger charge is 2.76. The minimum absolute atomic E-state index is 0.0207. The Hall–Kier alpha value is -5.31. The van der Waals surface area contributed by atoms with Gasteiger partial charge in [0.2, 0.25) is 29.4 Å². The third kappa shape index (κ3) is 12.4. The topological polar surface area (TPSA) is 274 Å². The number of unbranched alkanes of at least 4 members (excludes halogenated alkanes) is 2. The van der Waals surface area contributed by atoms with Crippen molar-refractivity contribution in [2.75, 3.05) is 25.0 Å². The second kappa shape index (κ2) is 24.8. The quantitative estimate of drug-likeness (QED) is 0.0443. The molecule has 7 amide bonds. The van der Waals surface area contributed by atoms with Gasteiger partial charge in [-0.3, -0.25) is 28.8 Å². The number of amides is 7. The van der Waals surface area contributed by atoms with Crippen LogP contribution in [0.15, 0.2) is 48.1 Å². The number of fused-ring (bicyclic) bond motifs is 7. The number of primary amides is 1. The fourth-order valence-electron chi connectivity index (χ4n) is 13.7. The van der Waals surface area contributed by atoms with Crippen molar-refractivity contribution >= 4 is 65.6 Å². The van der Waals surface area contributed by atoms with Crippen molar-refractivity contribution in [2.45, 2.75) is 192 Å². The number of ketones is 2. The summed E-state index contributed by atoms with van der Waals surface area (Å²) < 4.78 is 18.8. The molecule has 0 bridgehead atoms. The molecule has 7 rings (SSSR count). The van der Waals surface area contributed by atoms with Crippen LogP contribution in [0.4, 0.5) is 15.3 Å². The van der Waals surface area contributed by atoms with E-state index in [1.165, 1.54) is 0 Å². The molecule has 424 valence electrons. The Labute approximate surface area is 458 Å². The Morgan fingerprint density at radius 1 is 0.974 bits per heavy atom. The second-order valence-electron chi connectivity index (χ2n) is 23.3. The van der Waals surface area contributed by atoms with E-state index in [4.69, 9.17) is 19.9 Å². The normalized spacial score (nSPS) is 31.7. The number of anilines is 1. The number of Topliss-reactive ketones (excluding diaryl/α,β-unsaturated/α-hetero) is 1. The third-order valence-electron chi connectivity index (χ3n) is 18.1. The van der Waals surface area contributed by atoms with E-state index in [1.54, 1.807) is 50.3 Å². The van der Waals surface area contributed by atoms with E-state index >= 15 is 0 Å². The number of benzene rings is 1. The number of thiol groups is 1. The van der Waals surface area contributed by atoms with Gasteiger partial charge in [0.05, 0.1) is 17.7 Å². The zero-order valence-electron chi connectivity index (χ0n) is 46.0. The second-order valence-corrected chi connectivity index (χ2v) is 23.9. The number of carbonyl (C=O) groups is 8. The van der Waals surface area contributed by atoms with Crippen LogP contribution in [0.5, 0.6) is 0 Å². The van der Waals surface area contributed by atoms with Crippen molar-refractivity contribution < 1.29 is 57.7 Å². The highest BCUT2D eigenvalue weighted by molar-refractivity contribution is 7.81. The molecular formula is C57H83N7O12S. The number of likely N-dealkylation sites (tertiary alicyclic amines) is 1. The van der Waals surface area contributed by atoms with Crippen molar-refractivity contribution in [3.63, 3.8) is 0 Å². The number of rotatable bonds is 24. The molecule has 20 heteroatoms. The molecule has 0 radical (unpaired) electrons. The summed E-state index contributed by atoms with van der Waals surface area (Å²) in [5, 5.41) is 25.7. The average Bonchev–Trinajstić information content (AvgIpc) is 3.98. The first-order chi connectivity index (χ1) is 36.5. The number of aliphatic hydroxyl groups excluding tert-OH is 1. The Bertz CT molecular complexity index is 2450. The van der Waals surface area contributed by atoms with Gasteiger partial charge in [-0.2, -0.15) is 12.6 Å². The molecule has 2 heterocycles. The number of nitrogens with zero attached hydrogens (tertiary/aromatic N) is 1. The van der Waals surface area contributed by atoms with Crippen LogP contribution in [0.3, 0.4) is 0 Å². The van der Waals surface area contributed by atoms with Crippen LogP contribution >= 0.6 is 12.6 Å². The monoisotopic (exact) mass is 1090 g/mol. The molecule has 3 saturated carbocycles. The standard InChI is InChI=1S/C57H83N7O12S/c1-8-14-47-75-43-28-39-38-22-19-35-27-37(65)23-24-54(35,5)48(38)41(66)30-55(39,6)57(43,76-47)42(67)32-74-53(73)60-31-34-17-20-36(21-18-34)61-50(70)40(15-13-25-59-52(58)72)62-51(71)49(33(3)4)63-45(68)16-11-10-12-26-64-46(69)29-44(77)56(64,7)9-2/h17-18,20-21,23-24,27,33,38-41,43-44,47-49,66,77H,8-16,19,22,25-26,28-32H2,1-7H3,(H,60,73)(H,61,70)(H,62,71)(H,63,68)(H3,58,59,72)/t38-,39-,40-,41-,43+,44?,47?,48+,49?,54-,55-,56?,57+/m0/s1. The van der Waals surface area contributed by atoms with Gasteiger partial charge >= 0.3 is 12.1 Å². The van der Waals surface area contributed by atoms with Crippen LogP contribution in [0.25, 0.3) is 0 Å². The molecule has 4 aliphatic carbocycles. The van der Waals surface area contributed by atoms with Crippen LogP contribution in [-0.2, 0) is 49.5 Å². The van der Waals surface area contributed by atoms with Gasteiger partial charge in [-0.1, -0.05) is 78.2 Å². The maximum absolute atomic E-state index is 14.6. The van der Waals surface area contributed by atoms with Crippen molar-refractivity contribution in [3.05, 3.63) is 53.6 Å². The van der Waals surface area contributed by atoms with E-state index in [1.807, 2.05) is 24.8 Å². The van der Waals surface area contributed by atoms with Crippen molar-refractivity contribution in [3.8, 4) is 0 Å². The van der Waals surface area contributed by atoms with E-state index in [-0.39, 0.29) is 84.4 Å². The van der Waals surface area contributed by atoms with E-state index in [0.717, 1.165) is 31.3 Å². The number of nitrogens with two attached hydrogens (primary N) is 1. The van der Waals surface area contributed by atoms with Gasteiger partial charge in [0, 0.05) is 60.2 Å². The Kier molecular flexibility index (Phi) is 19.1.